The predicted molar refractivity (Wildman–Crippen MR) is 110 cm³/mol. The fraction of sp³-hybridized carbons (Fsp3) is 0.0952. The number of hydrogen-bond acceptors (Lipinski definition) is 4. The van der Waals surface area contributed by atoms with Crippen LogP contribution in [0.4, 0.5) is 5.69 Å². The van der Waals surface area contributed by atoms with Gasteiger partial charge >= 0.3 is 0 Å². The fourth-order valence-electron chi connectivity index (χ4n) is 2.56. The highest BCUT2D eigenvalue weighted by atomic mass is 35.5. The van der Waals surface area contributed by atoms with Gasteiger partial charge in [0.25, 0.3) is 5.91 Å². The quantitative estimate of drug-likeness (QED) is 0.599. The van der Waals surface area contributed by atoms with Crippen molar-refractivity contribution in [2.45, 2.75) is 4.90 Å². The van der Waals surface area contributed by atoms with Gasteiger partial charge in [-0.2, -0.15) is 0 Å². The molecule has 5 nitrogen and oxygen atoms in total. The second-order valence-corrected chi connectivity index (χ2v) is 8.61. The summed E-state index contributed by atoms with van der Waals surface area (Å²) in [5, 5.41) is 0.188. The molecule has 0 heterocycles. The lowest BCUT2D eigenvalue weighted by molar-refractivity contribution is 0.0993. The van der Waals surface area contributed by atoms with Crippen molar-refractivity contribution in [2.24, 2.45) is 0 Å². The molecule has 0 fully saturated rings. The number of carbonyl (C=O) groups is 1. The Labute approximate surface area is 169 Å². The van der Waals surface area contributed by atoms with E-state index in [-0.39, 0.29) is 15.5 Å². The zero-order valence-corrected chi connectivity index (χ0v) is 16.9. The first-order valence-electron chi connectivity index (χ1n) is 8.36. The summed E-state index contributed by atoms with van der Waals surface area (Å²) in [4.78, 5) is 14.3. The normalized spacial score (nSPS) is 11.1. The van der Waals surface area contributed by atoms with E-state index in [1.54, 1.807) is 31.3 Å². The van der Waals surface area contributed by atoms with Crippen molar-refractivity contribution >= 4 is 33.0 Å². The molecule has 0 aliphatic rings. The zero-order chi connectivity index (χ0) is 20.3. The van der Waals surface area contributed by atoms with Crippen molar-refractivity contribution in [3.8, 4) is 11.5 Å². The molecule has 3 aromatic carbocycles. The van der Waals surface area contributed by atoms with Crippen molar-refractivity contribution in [1.29, 1.82) is 0 Å². The summed E-state index contributed by atoms with van der Waals surface area (Å²) in [5.41, 5.74) is 0.739. The number of sulfone groups is 1. The molecule has 0 saturated heterocycles. The first-order valence-corrected chi connectivity index (χ1v) is 10.6. The van der Waals surface area contributed by atoms with Crippen molar-refractivity contribution in [3.05, 3.63) is 83.4 Å². The molecule has 3 rings (SSSR count). The molecule has 7 heteroatoms. The maximum atomic E-state index is 12.8. The topological polar surface area (TPSA) is 63.7 Å². The third-order valence-electron chi connectivity index (χ3n) is 4.10. The van der Waals surface area contributed by atoms with Crippen LogP contribution in [0.1, 0.15) is 10.4 Å². The lowest BCUT2D eigenvalue weighted by atomic mass is 10.2. The van der Waals surface area contributed by atoms with Gasteiger partial charge in [-0.05, 0) is 54.6 Å². The van der Waals surface area contributed by atoms with Crippen LogP contribution in [0.5, 0.6) is 11.5 Å². The van der Waals surface area contributed by atoms with E-state index >= 15 is 0 Å². The Kier molecular flexibility index (Phi) is 5.72. The molecule has 28 heavy (non-hydrogen) atoms. The minimum absolute atomic E-state index is 0.0419. The summed E-state index contributed by atoms with van der Waals surface area (Å²) in [6, 6.07) is 20.4. The highest BCUT2D eigenvalue weighted by Gasteiger charge is 2.19. The monoisotopic (exact) mass is 415 g/mol. The maximum Gasteiger partial charge on any atom is 0.259 e. The second-order valence-electron chi connectivity index (χ2n) is 6.19. The molecular formula is C21H18ClNO4S. The van der Waals surface area contributed by atoms with Crippen molar-refractivity contribution < 1.29 is 17.9 Å². The van der Waals surface area contributed by atoms with Crippen LogP contribution in [0.25, 0.3) is 0 Å². The molecule has 144 valence electrons. The molecule has 0 aromatic heterocycles. The molecular weight excluding hydrogens is 398 g/mol. The van der Waals surface area contributed by atoms with Gasteiger partial charge < -0.3 is 9.64 Å². The van der Waals surface area contributed by atoms with E-state index in [9.17, 15) is 13.2 Å². The Bertz CT molecular complexity index is 1100. The van der Waals surface area contributed by atoms with Crippen LogP contribution in [0, 0.1) is 0 Å². The number of hydrogen-bond donors (Lipinski definition) is 0. The Morgan fingerprint density at radius 3 is 2.14 bits per heavy atom. The Morgan fingerprint density at radius 1 is 0.929 bits per heavy atom. The van der Waals surface area contributed by atoms with E-state index in [4.69, 9.17) is 16.3 Å². The van der Waals surface area contributed by atoms with Gasteiger partial charge in [0.1, 0.15) is 11.5 Å². The number of benzene rings is 3. The smallest absolute Gasteiger partial charge is 0.259 e. The van der Waals surface area contributed by atoms with Gasteiger partial charge in [-0.25, -0.2) is 8.42 Å². The van der Waals surface area contributed by atoms with Crippen molar-refractivity contribution in [3.63, 3.8) is 0 Å². The Hall–Kier alpha value is -2.83. The minimum Gasteiger partial charge on any atom is -0.457 e. The van der Waals surface area contributed by atoms with Crippen molar-refractivity contribution in [1.82, 2.24) is 0 Å². The summed E-state index contributed by atoms with van der Waals surface area (Å²) in [7, 11) is -1.85. The Balaban J connectivity index is 1.82. The first kappa shape index (κ1) is 19.9. The standard InChI is InChI=1S/C21H18ClNO4S/c1-23(21(24)19-14-18(28(2,25)26)12-13-20(19)22)15-8-10-17(11-9-15)27-16-6-4-3-5-7-16/h3-14H,1-2H3. The highest BCUT2D eigenvalue weighted by molar-refractivity contribution is 7.90. The molecule has 0 aliphatic heterocycles. The summed E-state index contributed by atoms with van der Waals surface area (Å²) in [6.45, 7) is 0. The largest absolute Gasteiger partial charge is 0.457 e. The third-order valence-corrected chi connectivity index (χ3v) is 5.54. The number of anilines is 1. The van der Waals surface area contributed by atoms with Gasteiger partial charge in [-0.1, -0.05) is 29.8 Å². The van der Waals surface area contributed by atoms with Crippen LogP contribution in [0.3, 0.4) is 0 Å². The van der Waals surface area contributed by atoms with E-state index in [0.29, 0.717) is 17.2 Å². The van der Waals surface area contributed by atoms with E-state index < -0.39 is 15.7 Å². The van der Waals surface area contributed by atoms with Gasteiger partial charge in [0.05, 0.1) is 15.5 Å². The number of carbonyl (C=O) groups excluding carboxylic acids is 1. The van der Waals surface area contributed by atoms with Gasteiger partial charge in [-0.15, -0.1) is 0 Å². The molecule has 0 unspecified atom stereocenters. The minimum atomic E-state index is -3.45. The average Bonchev–Trinajstić information content (AvgIpc) is 2.68. The average molecular weight is 416 g/mol. The van der Waals surface area contributed by atoms with Crippen LogP contribution in [0.15, 0.2) is 77.7 Å². The van der Waals surface area contributed by atoms with Crippen LogP contribution >= 0.6 is 11.6 Å². The summed E-state index contributed by atoms with van der Waals surface area (Å²) < 4.78 is 29.3. The van der Waals surface area contributed by atoms with Gasteiger partial charge in [0.2, 0.25) is 0 Å². The van der Waals surface area contributed by atoms with Crippen LogP contribution in [-0.4, -0.2) is 27.6 Å². The highest BCUT2D eigenvalue weighted by Crippen LogP contribution is 2.27. The van der Waals surface area contributed by atoms with E-state index in [1.165, 1.54) is 23.1 Å². The Morgan fingerprint density at radius 2 is 1.54 bits per heavy atom. The molecule has 0 bridgehead atoms. The van der Waals surface area contributed by atoms with E-state index in [2.05, 4.69) is 0 Å². The molecule has 0 atom stereocenters. The second kappa shape index (κ2) is 8.04. The molecule has 0 aliphatic carbocycles. The summed E-state index contributed by atoms with van der Waals surface area (Å²) >= 11 is 6.13. The third kappa shape index (κ3) is 4.52. The van der Waals surface area contributed by atoms with Gasteiger partial charge in [0, 0.05) is 19.0 Å². The predicted octanol–water partition coefficient (Wildman–Crippen LogP) is 4.81. The first-order chi connectivity index (χ1) is 13.3. The summed E-state index contributed by atoms with van der Waals surface area (Å²) in [5.74, 6) is 0.934. The molecule has 0 saturated carbocycles. The maximum absolute atomic E-state index is 12.8. The molecule has 1 amide bonds. The van der Waals surface area contributed by atoms with E-state index in [0.717, 1.165) is 6.26 Å². The SMILES string of the molecule is CN(C(=O)c1cc(S(C)(=O)=O)ccc1Cl)c1ccc(Oc2ccccc2)cc1. The van der Waals surface area contributed by atoms with Gasteiger partial charge in [-0.3, -0.25) is 4.79 Å². The number of halogens is 1. The number of amides is 1. The van der Waals surface area contributed by atoms with E-state index in [1.807, 2.05) is 30.3 Å². The lowest BCUT2D eigenvalue weighted by Gasteiger charge is -2.19. The molecule has 3 aromatic rings. The number of nitrogens with zero attached hydrogens (tertiary/aromatic N) is 1. The van der Waals surface area contributed by atoms with Crippen LogP contribution in [-0.2, 0) is 9.84 Å². The fourth-order valence-corrected chi connectivity index (χ4v) is 3.40. The van der Waals surface area contributed by atoms with Crippen LogP contribution < -0.4 is 9.64 Å². The van der Waals surface area contributed by atoms with Gasteiger partial charge in [0.15, 0.2) is 9.84 Å². The summed E-state index contributed by atoms with van der Waals surface area (Å²) in [6.07, 6.45) is 1.08. The molecule has 0 radical (unpaired) electrons. The number of para-hydroxylation sites is 1. The number of ether oxygens (including phenoxy) is 1. The van der Waals surface area contributed by atoms with Crippen LogP contribution in [0.2, 0.25) is 5.02 Å². The lowest BCUT2D eigenvalue weighted by Crippen LogP contribution is -2.26. The molecule has 0 spiro atoms. The molecule has 0 N–H and O–H groups in total. The zero-order valence-electron chi connectivity index (χ0n) is 15.3. The number of rotatable bonds is 5. The van der Waals surface area contributed by atoms with Crippen molar-refractivity contribution in [2.75, 3.05) is 18.2 Å².